The first-order chi connectivity index (χ1) is 16.5. The van der Waals surface area contributed by atoms with Crippen molar-refractivity contribution in [1.82, 2.24) is 5.32 Å². The number of ether oxygens (including phenoxy) is 3. The van der Waals surface area contributed by atoms with Crippen LogP contribution in [0.1, 0.15) is 37.7 Å². The molecule has 1 aliphatic carbocycles. The molecule has 0 radical (unpaired) electrons. The zero-order valence-corrected chi connectivity index (χ0v) is 19.9. The van der Waals surface area contributed by atoms with Gasteiger partial charge in [0.15, 0.2) is 11.5 Å². The summed E-state index contributed by atoms with van der Waals surface area (Å²) in [7, 11) is 4.61. The summed E-state index contributed by atoms with van der Waals surface area (Å²) in [6.07, 6.45) is 5.06. The van der Waals surface area contributed by atoms with E-state index in [9.17, 15) is 9.18 Å². The molecule has 8 heteroatoms. The number of amides is 2. The zero-order valence-electron chi connectivity index (χ0n) is 19.9. The second-order valence-corrected chi connectivity index (χ2v) is 9.44. The molecule has 2 aromatic rings. The van der Waals surface area contributed by atoms with Crippen molar-refractivity contribution >= 4 is 17.4 Å². The first-order valence-corrected chi connectivity index (χ1v) is 11.9. The average molecular weight is 470 g/mol. The summed E-state index contributed by atoms with van der Waals surface area (Å²) >= 11 is 0. The molecule has 1 saturated carbocycles. The SMILES string of the molecule is COc1ccc(NC(=O)N2c3ccc(F)cc3C3(CCNCC3)[C@H]2CC2CC2)c(OC)c1OC. The Morgan fingerprint density at radius 1 is 1.09 bits per heavy atom. The van der Waals surface area contributed by atoms with Crippen LogP contribution in [0.2, 0.25) is 0 Å². The van der Waals surface area contributed by atoms with Gasteiger partial charge in [-0.2, -0.15) is 0 Å². The van der Waals surface area contributed by atoms with Gasteiger partial charge in [-0.1, -0.05) is 12.8 Å². The number of nitrogens with zero attached hydrogens (tertiary/aromatic N) is 1. The number of carbonyl (C=O) groups is 1. The largest absolute Gasteiger partial charge is 0.493 e. The number of hydrogen-bond donors (Lipinski definition) is 2. The summed E-state index contributed by atoms with van der Waals surface area (Å²) in [5, 5.41) is 6.49. The summed E-state index contributed by atoms with van der Waals surface area (Å²) < 4.78 is 30.9. The maximum absolute atomic E-state index is 14.5. The number of urea groups is 1. The molecule has 2 amide bonds. The van der Waals surface area contributed by atoms with Gasteiger partial charge in [0.1, 0.15) is 5.82 Å². The number of hydrogen-bond acceptors (Lipinski definition) is 5. The molecule has 1 atom stereocenters. The molecule has 0 bridgehead atoms. The van der Waals surface area contributed by atoms with Crippen molar-refractivity contribution in [1.29, 1.82) is 0 Å². The molecule has 2 aliphatic heterocycles. The topological polar surface area (TPSA) is 72.1 Å². The highest BCUT2D eigenvalue weighted by Gasteiger charge is 2.54. The van der Waals surface area contributed by atoms with Gasteiger partial charge in [0.05, 0.1) is 27.0 Å². The van der Waals surface area contributed by atoms with Gasteiger partial charge >= 0.3 is 6.03 Å². The van der Waals surface area contributed by atoms with Gasteiger partial charge in [-0.15, -0.1) is 0 Å². The third-order valence-corrected chi connectivity index (χ3v) is 7.62. The van der Waals surface area contributed by atoms with Crippen LogP contribution in [0.25, 0.3) is 0 Å². The summed E-state index contributed by atoms with van der Waals surface area (Å²) in [5.41, 5.74) is 2.00. The van der Waals surface area contributed by atoms with Crippen LogP contribution in [0.5, 0.6) is 17.2 Å². The smallest absolute Gasteiger partial charge is 0.326 e. The van der Waals surface area contributed by atoms with Gasteiger partial charge in [-0.05, 0) is 74.2 Å². The van der Waals surface area contributed by atoms with Gasteiger partial charge in [0.25, 0.3) is 0 Å². The minimum Gasteiger partial charge on any atom is -0.493 e. The second-order valence-electron chi connectivity index (χ2n) is 9.44. The molecule has 1 saturated heterocycles. The zero-order chi connectivity index (χ0) is 23.9. The molecule has 3 aliphatic rings. The maximum atomic E-state index is 14.5. The fourth-order valence-electron chi connectivity index (χ4n) is 5.81. The van der Waals surface area contributed by atoms with E-state index in [1.807, 2.05) is 4.90 Å². The van der Waals surface area contributed by atoms with E-state index in [-0.39, 0.29) is 23.3 Å². The lowest BCUT2D eigenvalue weighted by Gasteiger charge is -2.42. The van der Waals surface area contributed by atoms with Gasteiger partial charge in [-0.25, -0.2) is 9.18 Å². The van der Waals surface area contributed by atoms with Crippen molar-refractivity contribution in [2.24, 2.45) is 5.92 Å². The van der Waals surface area contributed by atoms with Crippen molar-refractivity contribution in [3.8, 4) is 17.2 Å². The Kier molecular flexibility index (Phi) is 6.02. The predicted molar refractivity (Wildman–Crippen MR) is 129 cm³/mol. The molecule has 2 aromatic carbocycles. The van der Waals surface area contributed by atoms with E-state index in [2.05, 4.69) is 10.6 Å². The lowest BCUT2D eigenvalue weighted by atomic mass is 9.68. The predicted octanol–water partition coefficient (Wildman–Crippen LogP) is 4.69. The van der Waals surface area contributed by atoms with Gasteiger partial charge in [0, 0.05) is 17.1 Å². The number of rotatable bonds is 6. The Balaban J connectivity index is 1.55. The highest BCUT2D eigenvalue weighted by Crippen LogP contribution is 2.54. The number of carbonyl (C=O) groups excluding carboxylic acids is 1. The Hall–Kier alpha value is -3.00. The summed E-state index contributed by atoms with van der Waals surface area (Å²) in [4.78, 5) is 15.8. The monoisotopic (exact) mass is 469 g/mol. The van der Waals surface area contributed by atoms with Crippen LogP contribution in [-0.4, -0.2) is 46.5 Å². The molecule has 2 N–H and O–H groups in total. The van der Waals surface area contributed by atoms with E-state index in [4.69, 9.17) is 14.2 Å². The van der Waals surface area contributed by atoms with E-state index < -0.39 is 0 Å². The molecular formula is C26H32FN3O4. The minimum absolute atomic E-state index is 0.0231. The molecule has 0 aromatic heterocycles. The van der Waals surface area contributed by atoms with Crippen molar-refractivity contribution in [3.63, 3.8) is 0 Å². The van der Waals surface area contributed by atoms with E-state index in [0.29, 0.717) is 28.9 Å². The van der Waals surface area contributed by atoms with Crippen molar-refractivity contribution in [2.45, 2.75) is 43.6 Å². The molecule has 0 unspecified atom stereocenters. The Morgan fingerprint density at radius 3 is 2.47 bits per heavy atom. The molecular weight excluding hydrogens is 437 g/mol. The third-order valence-electron chi connectivity index (χ3n) is 7.62. The van der Waals surface area contributed by atoms with E-state index in [1.54, 1.807) is 31.4 Å². The maximum Gasteiger partial charge on any atom is 0.326 e. The normalized spacial score (nSPS) is 20.7. The van der Waals surface area contributed by atoms with Crippen LogP contribution in [0.4, 0.5) is 20.6 Å². The summed E-state index contributed by atoms with van der Waals surface area (Å²) in [5.74, 6) is 1.67. The lowest BCUT2D eigenvalue weighted by Crippen LogP contribution is -2.53. The average Bonchev–Trinajstić information content (AvgIpc) is 3.64. The van der Waals surface area contributed by atoms with E-state index in [0.717, 1.165) is 43.6 Å². The number of nitrogens with one attached hydrogen (secondary N) is 2. The Labute approximate surface area is 199 Å². The Bertz CT molecular complexity index is 1080. The van der Waals surface area contributed by atoms with Crippen LogP contribution in [-0.2, 0) is 5.41 Å². The van der Waals surface area contributed by atoms with Crippen molar-refractivity contribution in [2.75, 3.05) is 44.6 Å². The van der Waals surface area contributed by atoms with Crippen molar-refractivity contribution in [3.05, 3.63) is 41.7 Å². The summed E-state index contributed by atoms with van der Waals surface area (Å²) in [6.45, 7) is 1.71. The molecule has 5 rings (SSSR count). The molecule has 2 heterocycles. The van der Waals surface area contributed by atoms with Gasteiger partial charge in [0.2, 0.25) is 5.75 Å². The number of methoxy groups -OCH3 is 3. The van der Waals surface area contributed by atoms with Crippen LogP contribution in [0.15, 0.2) is 30.3 Å². The van der Waals surface area contributed by atoms with Crippen LogP contribution < -0.4 is 29.7 Å². The van der Waals surface area contributed by atoms with E-state index >= 15 is 0 Å². The fraction of sp³-hybridized carbons (Fsp3) is 0.500. The third kappa shape index (κ3) is 3.74. The van der Waals surface area contributed by atoms with Crippen LogP contribution in [0, 0.1) is 11.7 Å². The highest BCUT2D eigenvalue weighted by molar-refractivity contribution is 6.05. The molecule has 7 nitrogen and oxygen atoms in total. The number of benzene rings is 2. The van der Waals surface area contributed by atoms with Crippen molar-refractivity contribution < 1.29 is 23.4 Å². The lowest BCUT2D eigenvalue weighted by molar-refractivity contribution is 0.232. The number of anilines is 2. The first-order valence-electron chi connectivity index (χ1n) is 11.9. The second kappa shape index (κ2) is 8.98. The number of piperidine rings is 1. The molecule has 182 valence electrons. The van der Waals surface area contributed by atoms with E-state index in [1.165, 1.54) is 33.1 Å². The van der Waals surface area contributed by atoms with Crippen LogP contribution in [0.3, 0.4) is 0 Å². The number of fused-ring (bicyclic) bond motifs is 2. The fourth-order valence-corrected chi connectivity index (χ4v) is 5.81. The van der Waals surface area contributed by atoms with Crippen LogP contribution >= 0.6 is 0 Å². The summed E-state index contributed by atoms with van der Waals surface area (Å²) in [6, 6.07) is 8.06. The quantitative estimate of drug-likeness (QED) is 0.642. The Morgan fingerprint density at radius 2 is 1.82 bits per heavy atom. The molecule has 2 fully saturated rings. The van der Waals surface area contributed by atoms with Gasteiger partial charge in [-0.3, -0.25) is 4.90 Å². The molecule has 1 spiro atoms. The highest BCUT2D eigenvalue weighted by atomic mass is 19.1. The number of halogens is 1. The molecule has 34 heavy (non-hydrogen) atoms. The van der Waals surface area contributed by atoms with Gasteiger partial charge < -0.3 is 24.8 Å². The standard InChI is InChI=1S/C26H32FN3O4/c1-32-21-9-7-19(23(33-2)24(21)34-3)29-25(31)30-20-8-6-17(27)15-18(20)26(10-12-28-13-11-26)22(30)14-16-4-5-16/h6-9,15-16,22,28H,4-5,10-14H2,1-3H3,(H,29,31)/t22-/m1/s1. The first kappa shape index (κ1) is 22.8. The minimum atomic E-state index is -0.259.